The minimum absolute atomic E-state index is 0.129. The van der Waals surface area contributed by atoms with Crippen molar-refractivity contribution in [1.82, 2.24) is 4.90 Å². The Balaban J connectivity index is 1.77. The van der Waals surface area contributed by atoms with Gasteiger partial charge in [-0.15, -0.1) is 11.3 Å². The largest absolute Gasteiger partial charge is 0.331 e. The van der Waals surface area contributed by atoms with Crippen LogP contribution in [0.1, 0.15) is 33.6 Å². The maximum atomic E-state index is 12.7. The van der Waals surface area contributed by atoms with Crippen molar-refractivity contribution in [2.75, 3.05) is 0 Å². The zero-order chi connectivity index (χ0) is 13.9. The monoisotopic (exact) mass is 286 g/mol. The van der Waals surface area contributed by atoms with Crippen LogP contribution < -0.4 is 5.73 Å². The van der Waals surface area contributed by atoms with E-state index in [1.165, 1.54) is 4.88 Å². The number of carbonyl (C=O) groups is 1. The van der Waals surface area contributed by atoms with Crippen LogP contribution in [-0.4, -0.2) is 16.8 Å². The van der Waals surface area contributed by atoms with E-state index >= 15 is 0 Å². The molecule has 1 amide bonds. The van der Waals surface area contributed by atoms with Crippen LogP contribution >= 0.6 is 11.3 Å². The summed E-state index contributed by atoms with van der Waals surface area (Å²) in [5.41, 5.74) is 7.40. The lowest BCUT2D eigenvalue weighted by Crippen LogP contribution is -2.32. The lowest BCUT2D eigenvalue weighted by atomic mass is 10.1. The Morgan fingerprint density at radius 3 is 2.55 bits per heavy atom. The highest BCUT2D eigenvalue weighted by Gasteiger charge is 2.33. The summed E-state index contributed by atoms with van der Waals surface area (Å²) in [4.78, 5) is 15.9. The SMILES string of the molecule is NCc1ccc(C(=O)N(Cc2cccs2)C2CC2)cc1. The summed E-state index contributed by atoms with van der Waals surface area (Å²) in [6.45, 7) is 1.23. The first-order valence-electron chi connectivity index (χ1n) is 6.90. The lowest BCUT2D eigenvalue weighted by molar-refractivity contribution is 0.0731. The Kier molecular flexibility index (Phi) is 3.85. The number of benzene rings is 1. The van der Waals surface area contributed by atoms with Crippen molar-refractivity contribution in [3.8, 4) is 0 Å². The number of amides is 1. The third kappa shape index (κ3) is 2.92. The van der Waals surface area contributed by atoms with Gasteiger partial charge in [-0.05, 0) is 42.0 Å². The van der Waals surface area contributed by atoms with Gasteiger partial charge >= 0.3 is 0 Å². The Morgan fingerprint density at radius 1 is 1.25 bits per heavy atom. The molecule has 2 N–H and O–H groups in total. The van der Waals surface area contributed by atoms with E-state index in [1.807, 2.05) is 35.2 Å². The first-order valence-corrected chi connectivity index (χ1v) is 7.78. The number of rotatable bonds is 5. The molecular weight excluding hydrogens is 268 g/mol. The minimum atomic E-state index is 0.129. The van der Waals surface area contributed by atoms with Gasteiger partial charge in [0.05, 0.1) is 6.54 Å². The molecule has 0 bridgehead atoms. The summed E-state index contributed by atoms with van der Waals surface area (Å²) in [6.07, 6.45) is 2.25. The van der Waals surface area contributed by atoms with E-state index in [4.69, 9.17) is 5.73 Å². The number of hydrogen-bond donors (Lipinski definition) is 1. The van der Waals surface area contributed by atoms with Crippen molar-refractivity contribution in [3.63, 3.8) is 0 Å². The van der Waals surface area contributed by atoms with Gasteiger partial charge in [-0.3, -0.25) is 4.79 Å². The van der Waals surface area contributed by atoms with Crippen LogP contribution in [0.25, 0.3) is 0 Å². The van der Waals surface area contributed by atoms with E-state index in [1.54, 1.807) is 11.3 Å². The number of nitrogens with two attached hydrogens (primary N) is 1. The van der Waals surface area contributed by atoms with Crippen molar-refractivity contribution < 1.29 is 4.79 Å². The number of nitrogens with zero attached hydrogens (tertiary/aromatic N) is 1. The Labute approximate surface area is 123 Å². The van der Waals surface area contributed by atoms with Crippen molar-refractivity contribution in [2.24, 2.45) is 5.73 Å². The molecule has 1 aromatic heterocycles. The highest BCUT2D eigenvalue weighted by molar-refractivity contribution is 7.09. The zero-order valence-corrected chi connectivity index (χ0v) is 12.1. The van der Waals surface area contributed by atoms with E-state index < -0.39 is 0 Å². The summed E-state index contributed by atoms with van der Waals surface area (Å²) in [7, 11) is 0. The second-order valence-electron chi connectivity index (χ2n) is 5.14. The highest BCUT2D eigenvalue weighted by atomic mass is 32.1. The molecule has 0 aliphatic heterocycles. The summed E-state index contributed by atoms with van der Waals surface area (Å²) in [5, 5.41) is 2.06. The molecule has 104 valence electrons. The number of thiophene rings is 1. The first-order chi connectivity index (χ1) is 9.78. The van der Waals surface area contributed by atoms with Gasteiger partial charge in [0.2, 0.25) is 0 Å². The number of hydrogen-bond acceptors (Lipinski definition) is 3. The molecule has 1 fully saturated rings. The van der Waals surface area contributed by atoms with Crippen LogP contribution in [0, 0.1) is 0 Å². The average Bonchev–Trinajstić information content (AvgIpc) is 3.21. The third-order valence-electron chi connectivity index (χ3n) is 3.59. The van der Waals surface area contributed by atoms with Crippen LogP contribution in [0.3, 0.4) is 0 Å². The first kappa shape index (κ1) is 13.3. The predicted molar refractivity (Wildman–Crippen MR) is 81.5 cm³/mol. The summed E-state index contributed by atoms with van der Waals surface area (Å²) < 4.78 is 0. The molecular formula is C16H18N2OS. The summed E-state index contributed by atoms with van der Waals surface area (Å²) >= 11 is 1.70. The van der Waals surface area contributed by atoms with Gasteiger partial charge in [0.25, 0.3) is 5.91 Å². The molecule has 4 heteroatoms. The molecule has 1 aromatic carbocycles. The molecule has 1 aliphatic rings. The quantitative estimate of drug-likeness (QED) is 0.918. The van der Waals surface area contributed by atoms with E-state index in [2.05, 4.69) is 11.4 Å². The smallest absolute Gasteiger partial charge is 0.254 e. The van der Waals surface area contributed by atoms with E-state index in [0.717, 1.165) is 30.5 Å². The molecule has 3 nitrogen and oxygen atoms in total. The normalized spacial score (nSPS) is 14.2. The molecule has 1 heterocycles. The Morgan fingerprint density at radius 2 is 2.00 bits per heavy atom. The van der Waals surface area contributed by atoms with Crippen LogP contribution in [0.2, 0.25) is 0 Å². The van der Waals surface area contributed by atoms with Crippen molar-refractivity contribution >= 4 is 17.2 Å². The molecule has 2 aromatic rings. The Hall–Kier alpha value is -1.65. The van der Waals surface area contributed by atoms with Gasteiger partial charge in [-0.25, -0.2) is 0 Å². The van der Waals surface area contributed by atoms with E-state index in [-0.39, 0.29) is 5.91 Å². The molecule has 0 radical (unpaired) electrons. The molecule has 20 heavy (non-hydrogen) atoms. The minimum Gasteiger partial charge on any atom is -0.331 e. The van der Waals surface area contributed by atoms with Crippen LogP contribution in [0.15, 0.2) is 41.8 Å². The molecule has 0 atom stereocenters. The van der Waals surface area contributed by atoms with Gasteiger partial charge < -0.3 is 10.6 Å². The zero-order valence-electron chi connectivity index (χ0n) is 11.3. The van der Waals surface area contributed by atoms with Gasteiger partial charge in [-0.1, -0.05) is 18.2 Å². The van der Waals surface area contributed by atoms with E-state index in [0.29, 0.717) is 12.6 Å². The fourth-order valence-corrected chi connectivity index (χ4v) is 2.98. The number of carbonyl (C=O) groups excluding carboxylic acids is 1. The van der Waals surface area contributed by atoms with Crippen LogP contribution in [-0.2, 0) is 13.1 Å². The summed E-state index contributed by atoms with van der Waals surface area (Å²) in [5.74, 6) is 0.129. The van der Waals surface area contributed by atoms with E-state index in [9.17, 15) is 4.79 Å². The molecule has 1 saturated carbocycles. The third-order valence-corrected chi connectivity index (χ3v) is 4.45. The fraction of sp³-hybridized carbons (Fsp3) is 0.312. The Bertz CT molecular complexity index is 573. The predicted octanol–water partition coefficient (Wildman–Crippen LogP) is 3.01. The second-order valence-corrected chi connectivity index (χ2v) is 6.18. The molecule has 3 rings (SSSR count). The van der Waals surface area contributed by atoms with Crippen LogP contribution in [0.4, 0.5) is 0 Å². The lowest BCUT2D eigenvalue weighted by Gasteiger charge is -2.22. The van der Waals surface area contributed by atoms with Crippen LogP contribution in [0.5, 0.6) is 0 Å². The fourth-order valence-electron chi connectivity index (χ4n) is 2.27. The van der Waals surface area contributed by atoms with Crippen molar-refractivity contribution in [2.45, 2.75) is 32.0 Å². The molecule has 1 aliphatic carbocycles. The average molecular weight is 286 g/mol. The van der Waals surface area contributed by atoms with Crippen molar-refractivity contribution in [1.29, 1.82) is 0 Å². The summed E-state index contributed by atoms with van der Waals surface area (Å²) in [6, 6.07) is 12.2. The van der Waals surface area contributed by atoms with Gasteiger partial charge in [0, 0.05) is 23.0 Å². The maximum Gasteiger partial charge on any atom is 0.254 e. The highest BCUT2D eigenvalue weighted by Crippen LogP contribution is 2.30. The standard InChI is InChI=1S/C16H18N2OS/c17-10-12-3-5-13(6-4-12)16(19)18(14-7-8-14)11-15-2-1-9-20-15/h1-6,9,14H,7-8,10-11,17H2. The second kappa shape index (κ2) is 5.77. The van der Waals surface area contributed by atoms with Gasteiger partial charge in [0.1, 0.15) is 0 Å². The molecule has 0 saturated heterocycles. The van der Waals surface area contributed by atoms with Crippen molar-refractivity contribution in [3.05, 3.63) is 57.8 Å². The maximum absolute atomic E-state index is 12.7. The molecule has 0 spiro atoms. The van der Waals surface area contributed by atoms with Gasteiger partial charge in [-0.2, -0.15) is 0 Å². The molecule has 0 unspecified atom stereocenters. The van der Waals surface area contributed by atoms with Gasteiger partial charge in [0.15, 0.2) is 0 Å². The topological polar surface area (TPSA) is 46.3 Å².